The molecule has 1 aliphatic rings. The molecule has 1 aliphatic heterocycles. The zero-order valence-electron chi connectivity index (χ0n) is 14.2. The van der Waals surface area contributed by atoms with Crippen molar-refractivity contribution in [2.45, 2.75) is 6.10 Å². The van der Waals surface area contributed by atoms with Crippen molar-refractivity contribution >= 4 is 44.8 Å². The van der Waals surface area contributed by atoms with E-state index < -0.39 is 27.9 Å². The second kappa shape index (κ2) is 7.09. The van der Waals surface area contributed by atoms with Gasteiger partial charge in [0.1, 0.15) is 5.75 Å². The first-order valence-corrected chi connectivity index (χ1v) is 10.0. The molecule has 2 aromatic carbocycles. The second-order valence-corrected chi connectivity index (χ2v) is 8.25. The molecule has 3 rings (SSSR count). The van der Waals surface area contributed by atoms with Crippen molar-refractivity contribution < 1.29 is 22.7 Å². The fraction of sp³-hybridized carbons (Fsp3) is 0.176. The van der Waals surface area contributed by atoms with Gasteiger partial charge in [-0.25, -0.2) is 8.42 Å². The lowest BCUT2D eigenvalue weighted by Crippen LogP contribution is -2.48. The number of amides is 2. The van der Waals surface area contributed by atoms with Crippen LogP contribution >= 0.6 is 11.6 Å². The molecule has 142 valence electrons. The highest BCUT2D eigenvalue weighted by Crippen LogP contribution is 2.37. The summed E-state index contributed by atoms with van der Waals surface area (Å²) in [4.78, 5) is 24.2. The van der Waals surface area contributed by atoms with Crippen molar-refractivity contribution in [2.75, 3.05) is 22.4 Å². The average molecular weight is 410 g/mol. The number of benzene rings is 2. The fourth-order valence-electron chi connectivity index (χ4n) is 2.70. The molecule has 0 saturated carbocycles. The molecule has 2 aromatic rings. The third kappa shape index (κ3) is 3.99. The van der Waals surface area contributed by atoms with Gasteiger partial charge in [0.05, 0.1) is 29.7 Å². The SMILES string of the molecule is CS(=O)(=O)N1CC(C(=O)Nc2ccccc2C(N)=O)Oc2ccc(Cl)cc21. The van der Waals surface area contributed by atoms with Crippen LogP contribution in [-0.4, -0.2) is 39.1 Å². The van der Waals surface area contributed by atoms with Gasteiger partial charge in [0.25, 0.3) is 11.8 Å². The quantitative estimate of drug-likeness (QED) is 0.795. The molecule has 0 radical (unpaired) electrons. The number of nitrogens with zero attached hydrogens (tertiary/aromatic N) is 1. The topological polar surface area (TPSA) is 119 Å². The number of sulfonamides is 1. The maximum Gasteiger partial charge on any atom is 0.267 e. The first-order chi connectivity index (χ1) is 12.7. The van der Waals surface area contributed by atoms with Crippen LogP contribution < -0.4 is 20.1 Å². The van der Waals surface area contributed by atoms with E-state index in [4.69, 9.17) is 22.1 Å². The number of nitrogens with one attached hydrogen (secondary N) is 1. The van der Waals surface area contributed by atoms with E-state index in [1.807, 2.05) is 0 Å². The Kier molecular flexibility index (Phi) is 4.99. The Hall–Kier alpha value is -2.78. The van der Waals surface area contributed by atoms with Crippen LogP contribution in [0.1, 0.15) is 10.4 Å². The summed E-state index contributed by atoms with van der Waals surface area (Å²) in [6.45, 7) is -0.239. The fourth-order valence-corrected chi connectivity index (χ4v) is 3.77. The summed E-state index contributed by atoms with van der Waals surface area (Å²) < 4.78 is 31.0. The van der Waals surface area contributed by atoms with Gasteiger partial charge >= 0.3 is 0 Å². The number of anilines is 2. The van der Waals surface area contributed by atoms with Gasteiger partial charge in [0.2, 0.25) is 10.0 Å². The summed E-state index contributed by atoms with van der Waals surface area (Å²) in [7, 11) is -3.68. The van der Waals surface area contributed by atoms with Crippen LogP contribution in [0, 0.1) is 0 Å². The monoisotopic (exact) mass is 409 g/mol. The van der Waals surface area contributed by atoms with Gasteiger partial charge in [-0.2, -0.15) is 0 Å². The predicted molar refractivity (Wildman–Crippen MR) is 102 cm³/mol. The van der Waals surface area contributed by atoms with E-state index >= 15 is 0 Å². The molecule has 0 fully saturated rings. The van der Waals surface area contributed by atoms with E-state index in [1.54, 1.807) is 12.1 Å². The molecule has 27 heavy (non-hydrogen) atoms. The molecule has 3 N–H and O–H groups in total. The van der Waals surface area contributed by atoms with E-state index in [0.29, 0.717) is 5.02 Å². The van der Waals surface area contributed by atoms with Gasteiger partial charge in [-0.15, -0.1) is 0 Å². The second-order valence-electron chi connectivity index (χ2n) is 5.91. The Bertz CT molecular complexity index is 1020. The van der Waals surface area contributed by atoms with E-state index in [-0.39, 0.29) is 29.2 Å². The standard InChI is InChI=1S/C17H16ClN3O5S/c1-27(24,25)21-9-15(26-14-7-6-10(18)8-13(14)21)17(23)20-12-5-3-2-4-11(12)16(19)22/h2-8,15H,9H2,1H3,(H2,19,22)(H,20,23). The number of carbonyl (C=O) groups is 2. The van der Waals surface area contributed by atoms with Gasteiger partial charge in [0.15, 0.2) is 6.10 Å². The highest BCUT2D eigenvalue weighted by atomic mass is 35.5. The minimum Gasteiger partial charge on any atom is -0.476 e. The average Bonchev–Trinajstić information content (AvgIpc) is 2.60. The van der Waals surface area contributed by atoms with Crippen LogP contribution in [0.15, 0.2) is 42.5 Å². The van der Waals surface area contributed by atoms with E-state index in [9.17, 15) is 18.0 Å². The van der Waals surface area contributed by atoms with Gasteiger partial charge in [-0.3, -0.25) is 13.9 Å². The predicted octanol–water partition coefficient (Wildman–Crippen LogP) is 1.60. The first kappa shape index (κ1) is 19.0. The summed E-state index contributed by atoms with van der Waals surface area (Å²) in [6.07, 6.45) is -0.102. The number of nitrogens with two attached hydrogens (primary N) is 1. The number of para-hydroxylation sites is 1. The molecule has 1 heterocycles. The molecule has 8 nitrogen and oxygen atoms in total. The van der Waals surface area contributed by atoms with Crippen LogP contribution in [-0.2, 0) is 14.8 Å². The number of halogens is 1. The number of hydrogen-bond acceptors (Lipinski definition) is 5. The van der Waals surface area contributed by atoms with Gasteiger partial charge in [-0.1, -0.05) is 23.7 Å². The lowest BCUT2D eigenvalue weighted by atomic mass is 10.1. The molecular weight excluding hydrogens is 394 g/mol. The Morgan fingerprint density at radius 3 is 2.63 bits per heavy atom. The van der Waals surface area contributed by atoms with Crippen molar-refractivity contribution in [3.8, 4) is 5.75 Å². The van der Waals surface area contributed by atoms with Crippen molar-refractivity contribution in [3.63, 3.8) is 0 Å². The van der Waals surface area contributed by atoms with Crippen molar-refractivity contribution in [2.24, 2.45) is 5.73 Å². The van der Waals surface area contributed by atoms with Crippen LogP contribution in [0.3, 0.4) is 0 Å². The largest absolute Gasteiger partial charge is 0.476 e. The van der Waals surface area contributed by atoms with Gasteiger partial charge < -0.3 is 15.8 Å². The number of rotatable bonds is 4. The maximum atomic E-state index is 12.7. The summed E-state index contributed by atoms with van der Waals surface area (Å²) >= 11 is 5.95. The summed E-state index contributed by atoms with van der Waals surface area (Å²) in [5.74, 6) is -1.11. The molecule has 0 spiro atoms. The first-order valence-electron chi connectivity index (χ1n) is 7.80. The summed E-state index contributed by atoms with van der Waals surface area (Å²) in [6, 6.07) is 10.7. The third-order valence-electron chi connectivity index (χ3n) is 3.93. The lowest BCUT2D eigenvalue weighted by molar-refractivity contribution is -0.122. The highest BCUT2D eigenvalue weighted by Gasteiger charge is 2.35. The highest BCUT2D eigenvalue weighted by molar-refractivity contribution is 7.92. The molecule has 0 aliphatic carbocycles. The molecule has 0 saturated heterocycles. The maximum absolute atomic E-state index is 12.7. The normalized spacial score (nSPS) is 16.2. The molecule has 10 heteroatoms. The molecule has 0 aromatic heterocycles. The Morgan fingerprint density at radius 1 is 1.26 bits per heavy atom. The number of ether oxygens (including phenoxy) is 1. The smallest absolute Gasteiger partial charge is 0.267 e. The van der Waals surface area contributed by atoms with Gasteiger partial charge in [0, 0.05) is 5.02 Å². The Morgan fingerprint density at radius 2 is 1.96 bits per heavy atom. The van der Waals surface area contributed by atoms with Crippen LogP contribution in [0.4, 0.5) is 11.4 Å². The van der Waals surface area contributed by atoms with E-state index in [2.05, 4.69) is 5.32 Å². The van der Waals surface area contributed by atoms with Crippen LogP contribution in [0.5, 0.6) is 5.75 Å². The van der Waals surface area contributed by atoms with Crippen LogP contribution in [0.25, 0.3) is 0 Å². The zero-order valence-corrected chi connectivity index (χ0v) is 15.8. The molecule has 1 atom stereocenters. The third-order valence-corrected chi connectivity index (χ3v) is 5.32. The molecule has 2 amide bonds. The Balaban J connectivity index is 1.91. The van der Waals surface area contributed by atoms with Crippen molar-refractivity contribution in [1.82, 2.24) is 0 Å². The van der Waals surface area contributed by atoms with Gasteiger partial charge in [-0.05, 0) is 30.3 Å². The van der Waals surface area contributed by atoms with Crippen molar-refractivity contribution in [3.05, 3.63) is 53.1 Å². The molecule has 0 bridgehead atoms. The lowest BCUT2D eigenvalue weighted by Gasteiger charge is -2.34. The summed E-state index contributed by atoms with van der Waals surface area (Å²) in [5.41, 5.74) is 5.91. The van der Waals surface area contributed by atoms with E-state index in [1.165, 1.54) is 30.3 Å². The summed E-state index contributed by atoms with van der Waals surface area (Å²) in [5, 5.41) is 2.90. The minimum absolute atomic E-state index is 0.133. The van der Waals surface area contributed by atoms with Crippen molar-refractivity contribution in [1.29, 1.82) is 0 Å². The van der Waals surface area contributed by atoms with Crippen LogP contribution in [0.2, 0.25) is 5.02 Å². The van der Waals surface area contributed by atoms with E-state index in [0.717, 1.165) is 10.6 Å². The molecule has 1 unspecified atom stereocenters. The minimum atomic E-state index is -3.68. The number of fused-ring (bicyclic) bond motifs is 1. The zero-order chi connectivity index (χ0) is 19.8. The number of carbonyl (C=O) groups excluding carboxylic acids is 2. The Labute approximate surface area is 160 Å². The number of hydrogen-bond donors (Lipinski definition) is 2. The molecular formula is C17H16ClN3O5S. The number of primary amides is 1.